The van der Waals surface area contributed by atoms with Crippen LogP contribution in [0.25, 0.3) is 0 Å². The highest BCUT2D eigenvalue weighted by Gasteiger charge is 2.12. The van der Waals surface area contributed by atoms with Gasteiger partial charge in [-0.3, -0.25) is 0 Å². The highest BCUT2D eigenvalue weighted by atomic mass is 35.7. The van der Waals surface area contributed by atoms with E-state index < -0.39 is 13.6 Å². The average molecular weight is 217 g/mol. The average Bonchev–Trinajstić information content (AvgIpc) is 1.86. The van der Waals surface area contributed by atoms with Crippen LogP contribution in [0.5, 0.6) is 0 Å². The van der Waals surface area contributed by atoms with E-state index in [2.05, 4.69) is 6.92 Å². The molecule has 1 unspecified atom stereocenters. The fraction of sp³-hybridized carbons (Fsp3) is 1.00. The van der Waals surface area contributed by atoms with Gasteiger partial charge in [-0.2, -0.15) is 22.2 Å². The van der Waals surface area contributed by atoms with Gasteiger partial charge in [0.05, 0.1) is 6.17 Å². The van der Waals surface area contributed by atoms with E-state index in [1.807, 2.05) is 0 Å². The predicted octanol–water partition coefficient (Wildman–Crippen LogP) is 3.60. The van der Waals surface area contributed by atoms with Gasteiger partial charge in [-0.1, -0.05) is 26.2 Å². The predicted molar refractivity (Wildman–Crippen MR) is 52.7 cm³/mol. The number of alkyl halides is 1. The number of hydrogen-bond acceptors (Lipinski definition) is 0. The molecule has 0 heterocycles. The molecule has 0 aliphatic carbocycles. The maximum Gasteiger partial charge on any atom is 0.239 e. The first-order valence-electron chi connectivity index (χ1n) is 4.09. The van der Waals surface area contributed by atoms with Crippen molar-refractivity contribution in [3.8, 4) is 0 Å². The van der Waals surface area contributed by atoms with Gasteiger partial charge in [-0.15, -0.1) is 0 Å². The molecule has 0 aromatic carbocycles. The normalized spacial score (nSPS) is 13.9. The number of hydrogen-bond donors (Lipinski definition) is 0. The molecule has 0 aliphatic rings. The van der Waals surface area contributed by atoms with Gasteiger partial charge in [0.1, 0.15) is 0 Å². The Morgan fingerprint density at radius 1 is 1.36 bits per heavy atom. The third-order valence-corrected chi connectivity index (χ3v) is 3.49. The molecule has 1 atom stereocenters. The third-order valence-electron chi connectivity index (χ3n) is 1.55. The quantitative estimate of drug-likeness (QED) is 0.362. The standard InChI is InChI=1S/C7H15Cl2FSi/c1-2-3-4-5-7(10)6-11(8)9/h7,11H,2-6H2,1H3. The minimum atomic E-state index is -1.71. The van der Waals surface area contributed by atoms with Crippen LogP contribution in [-0.2, 0) is 0 Å². The van der Waals surface area contributed by atoms with Gasteiger partial charge in [0.25, 0.3) is 0 Å². The van der Waals surface area contributed by atoms with Crippen LogP contribution in [0.4, 0.5) is 4.39 Å². The minimum Gasteiger partial charge on any atom is -0.248 e. The highest BCUT2D eigenvalue weighted by Crippen LogP contribution is 2.15. The van der Waals surface area contributed by atoms with Crippen LogP contribution in [0, 0.1) is 0 Å². The van der Waals surface area contributed by atoms with Crippen molar-refractivity contribution in [2.45, 2.75) is 44.8 Å². The lowest BCUT2D eigenvalue weighted by Crippen LogP contribution is -2.06. The van der Waals surface area contributed by atoms with Crippen LogP contribution in [-0.4, -0.2) is 13.6 Å². The largest absolute Gasteiger partial charge is 0.248 e. The topological polar surface area (TPSA) is 0 Å². The summed E-state index contributed by atoms with van der Waals surface area (Å²) in [6.45, 7) is 2.11. The van der Waals surface area contributed by atoms with Gasteiger partial charge in [0, 0.05) is 0 Å². The summed E-state index contributed by atoms with van der Waals surface area (Å²) < 4.78 is 12.8. The molecule has 0 nitrogen and oxygen atoms in total. The van der Waals surface area contributed by atoms with Crippen molar-refractivity contribution >= 4 is 29.6 Å². The Morgan fingerprint density at radius 2 is 2.00 bits per heavy atom. The first kappa shape index (κ1) is 11.7. The third kappa shape index (κ3) is 8.63. The molecular formula is C7H15Cl2FSi. The Labute approximate surface area is 79.1 Å². The number of unbranched alkanes of at least 4 members (excludes halogenated alkanes) is 2. The molecule has 0 bridgehead atoms. The molecule has 0 amide bonds. The Hall–Kier alpha value is 0.727. The van der Waals surface area contributed by atoms with Crippen molar-refractivity contribution in [3.63, 3.8) is 0 Å². The smallest absolute Gasteiger partial charge is 0.239 e. The number of halogens is 3. The zero-order chi connectivity index (χ0) is 8.69. The Kier molecular flexibility index (Phi) is 7.87. The van der Waals surface area contributed by atoms with Crippen molar-refractivity contribution in [2.24, 2.45) is 0 Å². The maximum atomic E-state index is 12.8. The molecule has 0 saturated carbocycles. The van der Waals surface area contributed by atoms with E-state index >= 15 is 0 Å². The summed E-state index contributed by atoms with van der Waals surface area (Å²) >= 11 is 11.1. The van der Waals surface area contributed by atoms with Crippen LogP contribution in [0.3, 0.4) is 0 Å². The van der Waals surface area contributed by atoms with Crippen molar-refractivity contribution in [1.29, 1.82) is 0 Å². The van der Waals surface area contributed by atoms with Gasteiger partial charge >= 0.3 is 0 Å². The molecule has 0 aromatic heterocycles. The van der Waals surface area contributed by atoms with Gasteiger partial charge in [0.15, 0.2) is 0 Å². The summed E-state index contributed by atoms with van der Waals surface area (Å²) in [5.74, 6) is 0. The van der Waals surface area contributed by atoms with Crippen molar-refractivity contribution < 1.29 is 4.39 Å². The molecular weight excluding hydrogens is 202 g/mol. The molecule has 11 heavy (non-hydrogen) atoms. The molecule has 0 aliphatic heterocycles. The second kappa shape index (κ2) is 7.38. The highest BCUT2D eigenvalue weighted by molar-refractivity contribution is 7.33. The van der Waals surface area contributed by atoms with Crippen LogP contribution < -0.4 is 0 Å². The van der Waals surface area contributed by atoms with Crippen LogP contribution >= 0.6 is 22.2 Å². The molecule has 0 spiro atoms. The van der Waals surface area contributed by atoms with E-state index in [9.17, 15) is 4.39 Å². The summed E-state index contributed by atoms with van der Waals surface area (Å²) in [6, 6.07) is 0.410. The van der Waals surface area contributed by atoms with E-state index in [-0.39, 0.29) is 0 Å². The minimum absolute atomic E-state index is 0.410. The molecule has 0 aromatic rings. The van der Waals surface area contributed by atoms with Crippen molar-refractivity contribution in [2.75, 3.05) is 0 Å². The Morgan fingerprint density at radius 3 is 2.45 bits per heavy atom. The molecule has 0 N–H and O–H groups in total. The van der Waals surface area contributed by atoms with Crippen LogP contribution in [0.1, 0.15) is 32.6 Å². The lowest BCUT2D eigenvalue weighted by atomic mass is 10.1. The molecule has 0 radical (unpaired) electrons. The fourth-order valence-corrected chi connectivity index (χ4v) is 2.71. The summed E-state index contributed by atoms with van der Waals surface area (Å²) in [5, 5.41) is 0. The SMILES string of the molecule is CCCCCC(F)C[SiH](Cl)Cl. The van der Waals surface area contributed by atoms with Gasteiger partial charge < -0.3 is 0 Å². The van der Waals surface area contributed by atoms with E-state index in [1.54, 1.807) is 0 Å². The van der Waals surface area contributed by atoms with E-state index in [1.165, 1.54) is 0 Å². The molecule has 4 heteroatoms. The van der Waals surface area contributed by atoms with Crippen LogP contribution in [0.15, 0.2) is 0 Å². The summed E-state index contributed by atoms with van der Waals surface area (Å²) in [5.41, 5.74) is 0. The van der Waals surface area contributed by atoms with Crippen molar-refractivity contribution in [3.05, 3.63) is 0 Å². The van der Waals surface area contributed by atoms with Gasteiger partial charge in [-0.05, 0) is 12.5 Å². The molecule has 68 valence electrons. The monoisotopic (exact) mass is 216 g/mol. The fourth-order valence-electron chi connectivity index (χ4n) is 0.927. The molecule has 0 fully saturated rings. The lowest BCUT2D eigenvalue weighted by Gasteiger charge is -2.06. The van der Waals surface area contributed by atoms with E-state index in [4.69, 9.17) is 22.2 Å². The molecule has 0 rings (SSSR count). The Balaban J connectivity index is 3.15. The Bertz CT molecular complexity index is 90.5. The zero-order valence-electron chi connectivity index (χ0n) is 6.82. The van der Waals surface area contributed by atoms with Gasteiger partial charge in [-0.25, -0.2) is 4.39 Å². The van der Waals surface area contributed by atoms with E-state index in [0.717, 1.165) is 19.3 Å². The first-order valence-corrected chi connectivity index (χ1v) is 8.39. The van der Waals surface area contributed by atoms with Crippen LogP contribution in [0.2, 0.25) is 6.04 Å². The summed E-state index contributed by atoms with van der Waals surface area (Å²) in [6.07, 6.45) is 3.09. The van der Waals surface area contributed by atoms with E-state index in [0.29, 0.717) is 12.5 Å². The zero-order valence-corrected chi connectivity index (χ0v) is 9.49. The lowest BCUT2D eigenvalue weighted by molar-refractivity contribution is 0.330. The molecule has 0 saturated heterocycles. The number of rotatable bonds is 6. The maximum absolute atomic E-state index is 12.8. The second-order valence-corrected chi connectivity index (χ2v) is 7.80. The van der Waals surface area contributed by atoms with Gasteiger partial charge in [0.2, 0.25) is 7.42 Å². The summed E-state index contributed by atoms with van der Waals surface area (Å²) in [4.78, 5) is 0. The van der Waals surface area contributed by atoms with Crippen molar-refractivity contribution in [1.82, 2.24) is 0 Å². The summed E-state index contributed by atoms with van der Waals surface area (Å²) in [7, 11) is -1.71. The second-order valence-electron chi connectivity index (χ2n) is 2.72. The first-order chi connectivity index (χ1) is 5.16.